The van der Waals surface area contributed by atoms with E-state index < -0.39 is 10.0 Å². The van der Waals surface area contributed by atoms with Crippen molar-refractivity contribution in [3.05, 3.63) is 24.3 Å². The Bertz CT molecular complexity index is 966. The lowest BCUT2D eigenvalue weighted by atomic mass is 10.2. The number of carbonyl (C=O) groups excluding carboxylic acids is 1. The molecule has 2 aromatic rings. The molecule has 0 aliphatic carbocycles. The third kappa shape index (κ3) is 4.99. The van der Waals surface area contributed by atoms with Gasteiger partial charge in [-0.2, -0.15) is 4.31 Å². The van der Waals surface area contributed by atoms with Crippen molar-refractivity contribution >= 4 is 27.8 Å². The standard InChI is InChI=1S/C19H26N4O4S2/c1-4-23-18(20-21-19(23)28-13-17(24)27-14(2)3)15-8-7-9-16(12-15)29(25,26)22-10-5-6-11-22/h7-9,12,14H,4-6,10-11,13H2,1-3H3. The zero-order chi connectivity index (χ0) is 21.0. The van der Waals surface area contributed by atoms with Gasteiger partial charge in [0.25, 0.3) is 0 Å². The number of nitrogens with zero attached hydrogens (tertiary/aromatic N) is 4. The first-order valence-corrected chi connectivity index (χ1v) is 12.1. The summed E-state index contributed by atoms with van der Waals surface area (Å²) in [5.74, 6) is 0.404. The van der Waals surface area contributed by atoms with E-state index >= 15 is 0 Å². The summed E-state index contributed by atoms with van der Waals surface area (Å²) in [6.07, 6.45) is 1.62. The number of hydrogen-bond donors (Lipinski definition) is 0. The van der Waals surface area contributed by atoms with Crippen molar-refractivity contribution in [3.8, 4) is 11.4 Å². The predicted octanol–water partition coefficient (Wildman–Crippen LogP) is 2.79. The molecule has 3 rings (SSSR count). The number of sulfonamides is 1. The van der Waals surface area contributed by atoms with Gasteiger partial charge >= 0.3 is 5.97 Å². The molecule has 1 aliphatic rings. The highest BCUT2D eigenvalue weighted by Crippen LogP contribution is 2.28. The summed E-state index contributed by atoms with van der Waals surface area (Å²) in [6.45, 7) is 7.27. The Morgan fingerprint density at radius 1 is 1.24 bits per heavy atom. The van der Waals surface area contributed by atoms with Crippen LogP contribution in [0.5, 0.6) is 0 Å². The predicted molar refractivity (Wildman–Crippen MR) is 111 cm³/mol. The van der Waals surface area contributed by atoms with Gasteiger partial charge in [-0.1, -0.05) is 23.9 Å². The molecule has 1 aromatic heterocycles. The van der Waals surface area contributed by atoms with Gasteiger partial charge in [-0.3, -0.25) is 4.79 Å². The summed E-state index contributed by atoms with van der Waals surface area (Å²) in [7, 11) is -3.51. The Morgan fingerprint density at radius 3 is 2.62 bits per heavy atom. The Balaban J connectivity index is 1.84. The van der Waals surface area contributed by atoms with Crippen molar-refractivity contribution in [3.63, 3.8) is 0 Å². The van der Waals surface area contributed by atoms with Crippen LogP contribution in [0.3, 0.4) is 0 Å². The lowest BCUT2D eigenvalue weighted by molar-refractivity contribution is -0.144. The molecule has 29 heavy (non-hydrogen) atoms. The van der Waals surface area contributed by atoms with Crippen LogP contribution >= 0.6 is 11.8 Å². The first kappa shape index (κ1) is 21.8. The van der Waals surface area contributed by atoms with Gasteiger partial charge in [0.1, 0.15) is 0 Å². The normalized spacial score (nSPS) is 15.2. The molecule has 0 bridgehead atoms. The minimum atomic E-state index is -3.51. The fourth-order valence-corrected chi connectivity index (χ4v) is 5.54. The second kappa shape index (κ2) is 9.27. The highest BCUT2D eigenvalue weighted by atomic mass is 32.2. The molecule has 0 N–H and O–H groups in total. The average molecular weight is 439 g/mol. The lowest BCUT2D eigenvalue weighted by Gasteiger charge is -2.16. The summed E-state index contributed by atoms with van der Waals surface area (Å²) in [5.41, 5.74) is 0.677. The maximum Gasteiger partial charge on any atom is 0.316 e. The maximum atomic E-state index is 12.9. The zero-order valence-corrected chi connectivity index (χ0v) is 18.5. The van der Waals surface area contributed by atoms with E-state index in [-0.39, 0.29) is 22.7 Å². The minimum absolute atomic E-state index is 0.139. The number of benzene rings is 1. The first-order chi connectivity index (χ1) is 13.8. The maximum absolute atomic E-state index is 12.9. The van der Waals surface area contributed by atoms with Crippen LogP contribution in [0.25, 0.3) is 11.4 Å². The first-order valence-electron chi connectivity index (χ1n) is 9.69. The number of esters is 1. The average Bonchev–Trinajstić information content (AvgIpc) is 3.36. The van der Waals surface area contributed by atoms with E-state index in [2.05, 4.69) is 10.2 Å². The Morgan fingerprint density at radius 2 is 1.97 bits per heavy atom. The van der Waals surface area contributed by atoms with Crippen LogP contribution in [-0.4, -0.2) is 58.4 Å². The number of ether oxygens (including phenoxy) is 1. The van der Waals surface area contributed by atoms with Crippen molar-refractivity contribution in [2.75, 3.05) is 18.8 Å². The molecular formula is C19H26N4O4S2. The molecule has 0 radical (unpaired) electrons. The minimum Gasteiger partial charge on any atom is -0.462 e. The van der Waals surface area contributed by atoms with E-state index in [0.29, 0.717) is 36.2 Å². The smallest absolute Gasteiger partial charge is 0.316 e. The van der Waals surface area contributed by atoms with Crippen LogP contribution < -0.4 is 0 Å². The van der Waals surface area contributed by atoms with Gasteiger partial charge in [0.05, 0.1) is 16.8 Å². The lowest BCUT2D eigenvalue weighted by Crippen LogP contribution is -2.27. The zero-order valence-electron chi connectivity index (χ0n) is 16.9. The third-order valence-corrected chi connectivity index (χ3v) is 7.35. The molecule has 10 heteroatoms. The molecule has 0 atom stereocenters. The van der Waals surface area contributed by atoms with Gasteiger partial charge in [0.15, 0.2) is 11.0 Å². The molecular weight excluding hydrogens is 412 g/mol. The second-order valence-corrected chi connectivity index (χ2v) is 9.90. The third-order valence-electron chi connectivity index (χ3n) is 4.51. The molecule has 0 amide bonds. The summed E-state index contributed by atoms with van der Waals surface area (Å²) in [6, 6.07) is 6.80. The molecule has 1 saturated heterocycles. The molecule has 0 saturated carbocycles. The molecule has 0 unspecified atom stereocenters. The molecule has 1 aliphatic heterocycles. The topological polar surface area (TPSA) is 94.4 Å². The molecule has 8 nitrogen and oxygen atoms in total. The van der Waals surface area contributed by atoms with E-state index in [4.69, 9.17) is 4.74 Å². The Hall–Kier alpha value is -1.91. The molecule has 1 fully saturated rings. The quantitative estimate of drug-likeness (QED) is 0.462. The SMILES string of the molecule is CCn1c(SCC(=O)OC(C)C)nnc1-c1cccc(S(=O)(=O)N2CCCC2)c1. The van der Waals surface area contributed by atoms with Crippen LogP contribution in [0.1, 0.15) is 33.6 Å². The van der Waals surface area contributed by atoms with E-state index in [0.717, 1.165) is 12.8 Å². The van der Waals surface area contributed by atoms with Gasteiger partial charge in [-0.05, 0) is 45.7 Å². The van der Waals surface area contributed by atoms with Gasteiger partial charge in [0, 0.05) is 25.2 Å². The Kier molecular flexibility index (Phi) is 6.97. The van der Waals surface area contributed by atoms with E-state index in [1.54, 1.807) is 32.0 Å². The van der Waals surface area contributed by atoms with Crippen LogP contribution in [0.4, 0.5) is 0 Å². The van der Waals surface area contributed by atoms with Crippen LogP contribution in [-0.2, 0) is 26.1 Å². The highest BCUT2D eigenvalue weighted by molar-refractivity contribution is 7.99. The van der Waals surface area contributed by atoms with Crippen LogP contribution in [0.15, 0.2) is 34.3 Å². The van der Waals surface area contributed by atoms with Crippen molar-refractivity contribution < 1.29 is 17.9 Å². The number of aromatic nitrogens is 3. The molecule has 158 valence electrons. The van der Waals surface area contributed by atoms with Crippen molar-refractivity contribution in [1.29, 1.82) is 0 Å². The van der Waals surface area contributed by atoms with Gasteiger partial charge < -0.3 is 9.30 Å². The van der Waals surface area contributed by atoms with Gasteiger partial charge in [0.2, 0.25) is 10.0 Å². The van der Waals surface area contributed by atoms with E-state index in [1.807, 2.05) is 17.6 Å². The molecule has 0 spiro atoms. The van der Waals surface area contributed by atoms with Crippen molar-refractivity contribution in [1.82, 2.24) is 19.1 Å². The van der Waals surface area contributed by atoms with Crippen molar-refractivity contribution in [2.24, 2.45) is 0 Å². The largest absolute Gasteiger partial charge is 0.462 e. The number of rotatable bonds is 8. The fourth-order valence-electron chi connectivity index (χ4n) is 3.19. The number of hydrogen-bond acceptors (Lipinski definition) is 7. The summed E-state index contributed by atoms with van der Waals surface area (Å²) >= 11 is 1.26. The Labute approximate surface area is 175 Å². The van der Waals surface area contributed by atoms with Crippen LogP contribution in [0.2, 0.25) is 0 Å². The van der Waals surface area contributed by atoms with E-state index in [9.17, 15) is 13.2 Å². The fraction of sp³-hybridized carbons (Fsp3) is 0.526. The highest BCUT2D eigenvalue weighted by Gasteiger charge is 2.27. The van der Waals surface area contributed by atoms with Crippen LogP contribution in [0, 0.1) is 0 Å². The molecule has 1 aromatic carbocycles. The van der Waals surface area contributed by atoms with Gasteiger partial charge in [-0.15, -0.1) is 10.2 Å². The summed E-state index contributed by atoms with van der Waals surface area (Å²) < 4.78 is 34.3. The van der Waals surface area contributed by atoms with E-state index in [1.165, 1.54) is 16.1 Å². The number of carbonyl (C=O) groups is 1. The van der Waals surface area contributed by atoms with Gasteiger partial charge in [-0.25, -0.2) is 8.42 Å². The second-order valence-electron chi connectivity index (χ2n) is 7.02. The van der Waals surface area contributed by atoms with Crippen molar-refractivity contribution in [2.45, 2.75) is 56.3 Å². The number of thioether (sulfide) groups is 1. The summed E-state index contributed by atoms with van der Waals surface area (Å²) in [5, 5.41) is 9.03. The monoisotopic (exact) mass is 438 g/mol. The summed E-state index contributed by atoms with van der Waals surface area (Å²) in [4.78, 5) is 12.1. The molecule has 2 heterocycles.